The highest BCUT2D eigenvalue weighted by Gasteiger charge is 2.11. The molecule has 0 bridgehead atoms. The number of nitrogens with zero attached hydrogens (tertiary/aromatic N) is 4. The minimum absolute atomic E-state index is 0.348. The number of aromatic nitrogens is 4. The fraction of sp³-hybridized carbons (Fsp3) is 0.308. The van der Waals surface area contributed by atoms with Gasteiger partial charge in [0.05, 0.1) is 24.0 Å². The molecule has 0 unspecified atom stereocenters. The largest absolute Gasteiger partial charge is 0.497 e. The average Bonchev–Trinajstić information content (AvgIpc) is 3.11. The summed E-state index contributed by atoms with van der Waals surface area (Å²) in [5.74, 6) is 2.54. The highest BCUT2D eigenvalue weighted by atomic mass is 35.5. The van der Waals surface area contributed by atoms with Crippen molar-refractivity contribution in [2.24, 2.45) is 0 Å². The quantitative estimate of drug-likeness (QED) is 0.676. The maximum atomic E-state index is 5.97. The standard InChI is InChI=1S/C13H13ClN4O2/c1-19-9-2-3-11-10(6-9)17-12(7-14)18(11)5-4-13-15-8-16-20-13/h2-3,6,8H,4-5,7H2,1H3. The van der Waals surface area contributed by atoms with Crippen LogP contribution in [0.3, 0.4) is 0 Å². The van der Waals surface area contributed by atoms with Gasteiger partial charge in [0.1, 0.15) is 11.6 Å². The number of alkyl halides is 1. The predicted octanol–water partition coefficient (Wildman–Crippen LogP) is 2.41. The van der Waals surface area contributed by atoms with Crippen molar-refractivity contribution in [1.29, 1.82) is 0 Å². The second-order valence-electron chi connectivity index (χ2n) is 4.25. The fourth-order valence-electron chi connectivity index (χ4n) is 2.15. The van der Waals surface area contributed by atoms with E-state index in [-0.39, 0.29) is 0 Å². The molecule has 0 spiro atoms. The van der Waals surface area contributed by atoms with Crippen LogP contribution < -0.4 is 4.74 Å². The van der Waals surface area contributed by atoms with E-state index < -0.39 is 0 Å². The lowest BCUT2D eigenvalue weighted by Crippen LogP contribution is -2.05. The van der Waals surface area contributed by atoms with E-state index in [0.29, 0.717) is 24.7 Å². The van der Waals surface area contributed by atoms with Gasteiger partial charge in [0.15, 0.2) is 6.33 Å². The van der Waals surface area contributed by atoms with Crippen LogP contribution >= 0.6 is 11.6 Å². The summed E-state index contributed by atoms with van der Waals surface area (Å²) in [5, 5.41) is 3.60. The van der Waals surface area contributed by atoms with Crippen LogP contribution in [-0.2, 0) is 18.8 Å². The van der Waals surface area contributed by atoms with Gasteiger partial charge in [-0.3, -0.25) is 0 Å². The second kappa shape index (κ2) is 5.50. The zero-order valence-electron chi connectivity index (χ0n) is 10.9. The summed E-state index contributed by atoms with van der Waals surface area (Å²) >= 11 is 5.97. The Morgan fingerprint density at radius 1 is 1.40 bits per heavy atom. The van der Waals surface area contributed by atoms with E-state index >= 15 is 0 Å². The molecule has 6 nitrogen and oxygen atoms in total. The molecule has 0 amide bonds. The molecule has 0 aliphatic rings. The third-order valence-electron chi connectivity index (χ3n) is 3.11. The van der Waals surface area contributed by atoms with Crippen molar-refractivity contribution in [3.8, 4) is 5.75 Å². The summed E-state index contributed by atoms with van der Waals surface area (Å²) < 4.78 is 12.3. The van der Waals surface area contributed by atoms with E-state index in [1.54, 1.807) is 7.11 Å². The van der Waals surface area contributed by atoms with Crippen molar-refractivity contribution in [1.82, 2.24) is 19.7 Å². The molecular weight excluding hydrogens is 280 g/mol. The lowest BCUT2D eigenvalue weighted by atomic mass is 10.3. The molecule has 0 fully saturated rings. The number of aryl methyl sites for hydroxylation is 2. The first-order valence-electron chi connectivity index (χ1n) is 6.16. The molecule has 0 saturated heterocycles. The summed E-state index contributed by atoms with van der Waals surface area (Å²) in [6.45, 7) is 0.688. The molecule has 0 aliphatic carbocycles. The zero-order chi connectivity index (χ0) is 13.9. The molecule has 2 aromatic heterocycles. The predicted molar refractivity (Wildman–Crippen MR) is 73.8 cm³/mol. The maximum Gasteiger partial charge on any atom is 0.228 e. The molecule has 0 N–H and O–H groups in total. The van der Waals surface area contributed by atoms with Crippen molar-refractivity contribution in [3.05, 3.63) is 36.2 Å². The Kier molecular flexibility index (Phi) is 3.56. The van der Waals surface area contributed by atoms with Crippen LogP contribution in [0.4, 0.5) is 0 Å². The van der Waals surface area contributed by atoms with E-state index in [1.165, 1.54) is 6.33 Å². The first-order chi connectivity index (χ1) is 9.81. The molecule has 3 rings (SSSR count). The molecule has 0 aliphatic heterocycles. The van der Waals surface area contributed by atoms with E-state index in [0.717, 1.165) is 22.6 Å². The lowest BCUT2D eigenvalue weighted by molar-refractivity contribution is 0.371. The molecule has 7 heteroatoms. The highest BCUT2D eigenvalue weighted by Crippen LogP contribution is 2.23. The van der Waals surface area contributed by atoms with Crippen molar-refractivity contribution in [2.45, 2.75) is 18.8 Å². The van der Waals surface area contributed by atoms with Gasteiger partial charge in [-0.15, -0.1) is 11.6 Å². The third kappa shape index (κ3) is 2.34. The van der Waals surface area contributed by atoms with Crippen molar-refractivity contribution < 1.29 is 9.26 Å². The number of hydrogen-bond acceptors (Lipinski definition) is 5. The Hall–Kier alpha value is -2.08. The Bertz CT molecular complexity index is 709. The van der Waals surface area contributed by atoms with E-state index in [9.17, 15) is 0 Å². The molecule has 0 atom stereocenters. The molecule has 20 heavy (non-hydrogen) atoms. The van der Waals surface area contributed by atoms with E-state index in [4.69, 9.17) is 20.9 Å². The Labute approximate surface area is 120 Å². The topological polar surface area (TPSA) is 66.0 Å². The number of ether oxygens (including phenoxy) is 1. The van der Waals surface area contributed by atoms with Gasteiger partial charge in [0.2, 0.25) is 5.89 Å². The maximum absolute atomic E-state index is 5.97. The number of imidazole rings is 1. The fourth-order valence-corrected chi connectivity index (χ4v) is 2.36. The van der Waals surface area contributed by atoms with Crippen LogP contribution in [0.1, 0.15) is 11.7 Å². The molecule has 0 radical (unpaired) electrons. The van der Waals surface area contributed by atoms with Crippen molar-refractivity contribution in [2.75, 3.05) is 7.11 Å². The lowest BCUT2D eigenvalue weighted by Gasteiger charge is -2.06. The summed E-state index contributed by atoms with van der Waals surface area (Å²) in [7, 11) is 1.64. The number of methoxy groups -OCH3 is 1. The van der Waals surface area contributed by atoms with Gasteiger partial charge in [0.25, 0.3) is 0 Å². The molecule has 3 aromatic rings. The number of rotatable bonds is 5. The second-order valence-corrected chi connectivity index (χ2v) is 4.52. The van der Waals surface area contributed by atoms with Crippen LogP contribution in [0, 0.1) is 0 Å². The summed E-state index contributed by atoms with van der Waals surface area (Å²) in [4.78, 5) is 8.54. The SMILES string of the molecule is COc1ccc2c(c1)nc(CCl)n2CCc1ncno1. The minimum atomic E-state index is 0.348. The Morgan fingerprint density at radius 2 is 2.30 bits per heavy atom. The molecule has 0 saturated carbocycles. The molecular formula is C13H13ClN4O2. The number of hydrogen-bond donors (Lipinski definition) is 0. The van der Waals surface area contributed by atoms with Crippen LogP contribution in [0.25, 0.3) is 11.0 Å². The van der Waals surface area contributed by atoms with Crippen molar-refractivity contribution in [3.63, 3.8) is 0 Å². The van der Waals surface area contributed by atoms with Gasteiger partial charge in [0, 0.05) is 19.0 Å². The number of halogens is 1. The normalized spacial score (nSPS) is 11.1. The minimum Gasteiger partial charge on any atom is -0.497 e. The number of benzene rings is 1. The van der Waals surface area contributed by atoms with Gasteiger partial charge < -0.3 is 13.8 Å². The van der Waals surface area contributed by atoms with Gasteiger partial charge in [-0.25, -0.2) is 4.98 Å². The summed E-state index contributed by atoms with van der Waals surface area (Å²) in [6, 6.07) is 5.78. The highest BCUT2D eigenvalue weighted by molar-refractivity contribution is 6.16. The van der Waals surface area contributed by atoms with Crippen molar-refractivity contribution >= 4 is 22.6 Å². The summed E-state index contributed by atoms with van der Waals surface area (Å²) in [5.41, 5.74) is 1.88. The molecule has 2 heterocycles. The van der Waals surface area contributed by atoms with Gasteiger partial charge in [-0.2, -0.15) is 4.98 Å². The zero-order valence-corrected chi connectivity index (χ0v) is 11.7. The molecule has 104 valence electrons. The number of fused-ring (bicyclic) bond motifs is 1. The smallest absolute Gasteiger partial charge is 0.228 e. The monoisotopic (exact) mass is 292 g/mol. The van der Waals surface area contributed by atoms with Gasteiger partial charge in [-0.1, -0.05) is 5.16 Å². The van der Waals surface area contributed by atoms with E-state index in [1.807, 2.05) is 18.2 Å². The van der Waals surface area contributed by atoms with Crippen LogP contribution in [-0.4, -0.2) is 26.8 Å². The van der Waals surface area contributed by atoms with Crippen LogP contribution in [0.5, 0.6) is 5.75 Å². The van der Waals surface area contributed by atoms with Gasteiger partial charge >= 0.3 is 0 Å². The van der Waals surface area contributed by atoms with E-state index in [2.05, 4.69) is 19.7 Å². The first kappa shape index (κ1) is 12.9. The third-order valence-corrected chi connectivity index (χ3v) is 3.35. The Balaban J connectivity index is 1.95. The van der Waals surface area contributed by atoms with Gasteiger partial charge in [-0.05, 0) is 12.1 Å². The Morgan fingerprint density at radius 3 is 3.00 bits per heavy atom. The van der Waals surface area contributed by atoms with Crippen LogP contribution in [0.15, 0.2) is 29.0 Å². The summed E-state index contributed by atoms with van der Waals surface area (Å²) in [6.07, 6.45) is 2.04. The molecule has 1 aromatic carbocycles. The van der Waals surface area contributed by atoms with Crippen LogP contribution in [0.2, 0.25) is 0 Å². The average molecular weight is 293 g/mol. The first-order valence-corrected chi connectivity index (χ1v) is 6.70.